The number of amides is 1. The largest absolute Gasteiger partial charge is 0.343 e. The van der Waals surface area contributed by atoms with Crippen LogP contribution in [0.25, 0.3) is 10.9 Å². The quantitative estimate of drug-likeness (QED) is 0.492. The van der Waals surface area contributed by atoms with Crippen LogP contribution in [0.3, 0.4) is 0 Å². The zero-order chi connectivity index (χ0) is 17.6. The van der Waals surface area contributed by atoms with Gasteiger partial charge < -0.3 is 16.0 Å². The van der Waals surface area contributed by atoms with Gasteiger partial charge in [0.15, 0.2) is 0 Å². The predicted molar refractivity (Wildman–Crippen MR) is 99.7 cm³/mol. The van der Waals surface area contributed by atoms with E-state index < -0.39 is 5.91 Å². The molecule has 0 fully saturated rings. The van der Waals surface area contributed by atoms with Crippen LogP contribution in [0.15, 0.2) is 72.1 Å². The number of nitrogens with zero attached hydrogens (tertiary/aromatic N) is 2. The van der Waals surface area contributed by atoms with Gasteiger partial charge >= 0.3 is 0 Å². The Bertz CT molecular complexity index is 950. The second kappa shape index (κ2) is 7.35. The Morgan fingerprint density at radius 1 is 1.00 bits per heavy atom. The predicted octanol–water partition coefficient (Wildman–Crippen LogP) is 3.60. The molecule has 0 aliphatic heterocycles. The maximum absolute atomic E-state index is 12.5. The van der Waals surface area contributed by atoms with Crippen molar-refractivity contribution in [3.63, 3.8) is 0 Å². The van der Waals surface area contributed by atoms with E-state index in [4.69, 9.17) is 5.41 Å². The lowest BCUT2D eigenvalue weighted by atomic mass is 10.2. The van der Waals surface area contributed by atoms with Crippen LogP contribution in [0.5, 0.6) is 0 Å². The number of aromatic nitrogens is 2. The highest BCUT2D eigenvalue weighted by Crippen LogP contribution is 2.16. The SMILES string of the molecule is C/C(Nc1ccccn1)=C(/C=N)C(=O)Nc1ccc2ccccc2n1. The van der Waals surface area contributed by atoms with Gasteiger partial charge in [-0.25, -0.2) is 9.97 Å². The fraction of sp³-hybridized carbons (Fsp3) is 0.0526. The zero-order valence-electron chi connectivity index (χ0n) is 13.7. The molecule has 2 heterocycles. The lowest BCUT2D eigenvalue weighted by Crippen LogP contribution is -2.19. The average Bonchev–Trinajstić information content (AvgIpc) is 2.63. The van der Waals surface area contributed by atoms with Crippen LogP contribution in [-0.2, 0) is 4.79 Å². The number of carbonyl (C=O) groups excluding carboxylic acids is 1. The summed E-state index contributed by atoms with van der Waals surface area (Å²) in [6.07, 6.45) is 2.67. The Labute approximate surface area is 145 Å². The molecule has 0 bridgehead atoms. The minimum Gasteiger partial charge on any atom is -0.343 e. The summed E-state index contributed by atoms with van der Waals surface area (Å²) in [4.78, 5) is 21.1. The maximum Gasteiger partial charge on any atom is 0.260 e. The third kappa shape index (κ3) is 3.87. The van der Waals surface area contributed by atoms with Crippen LogP contribution in [0, 0.1) is 5.41 Å². The number of rotatable bonds is 5. The third-order valence-electron chi connectivity index (χ3n) is 3.61. The molecular formula is C19H17N5O. The Balaban J connectivity index is 1.81. The summed E-state index contributed by atoms with van der Waals surface area (Å²) in [7, 11) is 0. The molecule has 0 saturated carbocycles. The normalized spacial score (nSPS) is 11.6. The van der Waals surface area contributed by atoms with E-state index in [0.717, 1.165) is 17.1 Å². The molecule has 3 aromatic rings. The van der Waals surface area contributed by atoms with Gasteiger partial charge in [-0.05, 0) is 37.3 Å². The van der Waals surface area contributed by atoms with Gasteiger partial charge in [0, 0.05) is 23.5 Å². The van der Waals surface area contributed by atoms with Crippen molar-refractivity contribution < 1.29 is 4.79 Å². The van der Waals surface area contributed by atoms with Gasteiger partial charge in [-0.3, -0.25) is 4.79 Å². The van der Waals surface area contributed by atoms with Crippen molar-refractivity contribution >= 4 is 34.7 Å². The Hall–Kier alpha value is -3.54. The van der Waals surface area contributed by atoms with Gasteiger partial charge in [-0.1, -0.05) is 24.3 Å². The van der Waals surface area contributed by atoms with E-state index in [0.29, 0.717) is 17.3 Å². The first-order chi connectivity index (χ1) is 12.2. The number of benzene rings is 1. The number of anilines is 2. The second-order valence-corrected chi connectivity index (χ2v) is 5.37. The van der Waals surface area contributed by atoms with Crippen LogP contribution < -0.4 is 10.6 Å². The summed E-state index contributed by atoms with van der Waals surface area (Å²) in [5.74, 6) is 0.642. The summed E-state index contributed by atoms with van der Waals surface area (Å²) < 4.78 is 0. The molecule has 6 heteroatoms. The highest BCUT2D eigenvalue weighted by atomic mass is 16.1. The third-order valence-corrected chi connectivity index (χ3v) is 3.61. The molecule has 0 saturated heterocycles. The minimum absolute atomic E-state index is 0.209. The zero-order valence-corrected chi connectivity index (χ0v) is 13.7. The van der Waals surface area contributed by atoms with E-state index in [2.05, 4.69) is 20.6 Å². The molecular weight excluding hydrogens is 314 g/mol. The molecule has 0 spiro atoms. The van der Waals surface area contributed by atoms with E-state index in [-0.39, 0.29) is 5.57 Å². The molecule has 6 nitrogen and oxygen atoms in total. The molecule has 0 aliphatic rings. The number of hydrogen-bond acceptors (Lipinski definition) is 5. The van der Waals surface area contributed by atoms with E-state index in [1.54, 1.807) is 31.3 Å². The summed E-state index contributed by atoms with van der Waals surface area (Å²) >= 11 is 0. The molecule has 25 heavy (non-hydrogen) atoms. The van der Waals surface area contributed by atoms with Crippen molar-refractivity contribution in [3.05, 3.63) is 72.1 Å². The van der Waals surface area contributed by atoms with Gasteiger partial charge in [0.25, 0.3) is 5.91 Å². The van der Waals surface area contributed by atoms with Crippen molar-refractivity contribution in [1.82, 2.24) is 9.97 Å². The Kier molecular flexibility index (Phi) is 4.80. The summed E-state index contributed by atoms with van der Waals surface area (Å²) in [5, 5.41) is 14.3. The lowest BCUT2D eigenvalue weighted by Gasteiger charge is -2.11. The van der Waals surface area contributed by atoms with Crippen molar-refractivity contribution in [1.29, 1.82) is 5.41 Å². The molecule has 1 amide bonds. The van der Waals surface area contributed by atoms with Gasteiger partial charge in [-0.15, -0.1) is 0 Å². The highest BCUT2D eigenvalue weighted by molar-refractivity contribution is 6.17. The summed E-state index contributed by atoms with van der Waals surface area (Å²) in [6, 6.07) is 16.7. The second-order valence-electron chi connectivity index (χ2n) is 5.37. The van der Waals surface area contributed by atoms with Crippen LogP contribution in [-0.4, -0.2) is 22.1 Å². The van der Waals surface area contributed by atoms with E-state index >= 15 is 0 Å². The topological polar surface area (TPSA) is 90.8 Å². The molecule has 1 aromatic carbocycles. The number of hydrogen-bond donors (Lipinski definition) is 3. The Morgan fingerprint density at radius 2 is 1.80 bits per heavy atom. The summed E-state index contributed by atoms with van der Waals surface area (Å²) in [6.45, 7) is 1.72. The first kappa shape index (κ1) is 16.3. The number of para-hydroxylation sites is 1. The molecule has 0 radical (unpaired) electrons. The van der Waals surface area contributed by atoms with Crippen molar-refractivity contribution in [2.75, 3.05) is 10.6 Å². The lowest BCUT2D eigenvalue weighted by molar-refractivity contribution is -0.112. The van der Waals surface area contributed by atoms with Crippen molar-refractivity contribution in [2.45, 2.75) is 6.92 Å². The van der Waals surface area contributed by atoms with Gasteiger partial charge in [0.1, 0.15) is 11.6 Å². The number of pyridine rings is 2. The maximum atomic E-state index is 12.5. The van der Waals surface area contributed by atoms with Crippen LogP contribution in [0.4, 0.5) is 11.6 Å². The molecule has 0 unspecified atom stereocenters. The van der Waals surface area contributed by atoms with E-state index in [1.807, 2.05) is 36.4 Å². The standard InChI is InChI=1S/C19H17N5O/c1-13(22-17-8-4-5-11-21-17)15(12-20)19(25)24-18-10-9-14-6-2-3-7-16(14)23-18/h2-12,20H,1H3,(H,21,22)(H,23,24,25)/b15-13+,20-12?. The fourth-order valence-electron chi connectivity index (χ4n) is 2.36. The molecule has 3 N–H and O–H groups in total. The monoisotopic (exact) mass is 331 g/mol. The van der Waals surface area contributed by atoms with Gasteiger partial charge in [0.2, 0.25) is 0 Å². The number of allylic oxidation sites excluding steroid dienone is 1. The highest BCUT2D eigenvalue weighted by Gasteiger charge is 2.12. The van der Waals surface area contributed by atoms with Gasteiger partial charge in [-0.2, -0.15) is 0 Å². The first-order valence-corrected chi connectivity index (χ1v) is 7.74. The molecule has 0 aliphatic carbocycles. The minimum atomic E-state index is -0.404. The van der Waals surface area contributed by atoms with Gasteiger partial charge in [0.05, 0.1) is 11.1 Å². The average molecular weight is 331 g/mol. The van der Waals surface area contributed by atoms with E-state index in [1.165, 1.54) is 0 Å². The molecule has 3 rings (SSSR count). The van der Waals surface area contributed by atoms with Crippen molar-refractivity contribution in [2.24, 2.45) is 0 Å². The molecule has 124 valence electrons. The first-order valence-electron chi connectivity index (χ1n) is 7.74. The summed E-state index contributed by atoms with van der Waals surface area (Å²) in [5.41, 5.74) is 1.54. The smallest absolute Gasteiger partial charge is 0.260 e. The van der Waals surface area contributed by atoms with Crippen LogP contribution >= 0.6 is 0 Å². The number of nitrogens with one attached hydrogen (secondary N) is 3. The molecule has 0 atom stereocenters. The number of carbonyl (C=O) groups is 1. The molecule has 2 aromatic heterocycles. The Morgan fingerprint density at radius 3 is 2.56 bits per heavy atom. The van der Waals surface area contributed by atoms with Crippen LogP contribution in [0.1, 0.15) is 6.92 Å². The number of fused-ring (bicyclic) bond motifs is 1. The van der Waals surface area contributed by atoms with E-state index in [9.17, 15) is 4.79 Å². The van der Waals surface area contributed by atoms with Crippen molar-refractivity contribution in [3.8, 4) is 0 Å². The fourth-order valence-corrected chi connectivity index (χ4v) is 2.36. The van der Waals surface area contributed by atoms with Crippen LogP contribution in [0.2, 0.25) is 0 Å².